The summed E-state index contributed by atoms with van der Waals surface area (Å²) in [5.74, 6) is 0. The maximum absolute atomic E-state index is 2.49. The van der Waals surface area contributed by atoms with Crippen molar-refractivity contribution < 1.29 is 0 Å². The van der Waals surface area contributed by atoms with Gasteiger partial charge in [-0.2, -0.15) is 0 Å². The summed E-state index contributed by atoms with van der Waals surface area (Å²) in [6.07, 6.45) is 0. The second-order valence-corrected chi connectivity index (χ2v) is 17.2. The number of hydrogen-bond donors (Lipinski definition) is 0. The summed E-state index contributed by atoms with van der Waals surface area (Å²) in [5.41, 5.74) is 19.7. The molecule has 2 nitrogen and oxygen atoms in total. The van der Waals surface area contributed by atoms with E-state index in [9.17, 15) is 0 Å². The summed E-state index contributed by atoms with van der Waals surface area (Å²) >= 11 is 0. The summed E-state index contributed by atoms with van der Waals surface area (Å²) < 4.78 is 4.89. The van der Waals surface area contributed by atoms with Gasteiger partial charge < -0.3 is 9.13 Å². The van der Waals surface area contributed by atoms with Gasteiger partial charge in [0, 0.05) is 38.3 Å². The molecule has 0 bridgehead atoms. The first-order chi connectivity index (χ1) is 31.7. The second-order valence-electron chi connectivity index (χ2n) is 17.2. The van der Waals surface area contributed by atoms with Gasteiger partial charge in [-0.15, -0.1) is 0 Å². The summed E-state index contributed by atoms with van der Waals surface area (Å²) in [6, 6.07) is 85.3. The lowest BCUT2D eigenvalue weighted by atomic mass is 9.92. The third-order valence-electron chi connectivity index (χ3n) is 13.9. The van der Waals surface area contributed by atoms with Crippen LogP contribution >= 0.6 is 0 Å². The minimum atomic E-state index is 1.14. The monoisotopic (exact) mass is 810 g/mol. The molecule has 11 aromatic carbocycles. The maximum Gasteiger partial charge on any atom is 0.0619 e. The van der Waals surface area contributed by atoms with Crippen LogP contribution in [0.3, 0.4) is 0 Å². The molecule has 0 unspecified atom stereocenters. The van der Waals surface area contributed by atoms with Crippen molar-refractivity contribution in [1.29, 1.82) is 0 Å². The SMILES string of the molecule is c1ccc(-n2c3ccccc3c3ccc(-c4ccc5c6ccc7ccccc7c6n(-c6ccc(-c7ccccc7-c7ccc8c(c7)-c7cccc9cccc-8c79)cc6)c5c4)cc32)cc1. The molecule has 0 atom stereocenters. The molecule has 0 N–H and O–H groups in total. The van der Waals surface area contributed by atoms with Gasteiger partial charge in [0.15, 0.2) is 0 Å². The number of nitrogens with zero attached hydrogens (tertiary/aromatic N) is 2. The number of benzene rings is 11. The van der Waals surface area contributed by atoms with Crippen LogP contribution in [0.25, 0.3) is 132 Å². The molecule has 0 saturated carbocycles. The molecule has 64 heavy (non-hydrogen) atoms. The average Bonchev–Trinajstić information content (AvgIpc) is 4.00. The highest BCUT2D eigenvalue weighted by molar-refractivity contribution is 6.20. The van der Waals surface area contributed by atoms with Crippen molar-refractivity contribution in [2.24, 2.45) is 0 Å². The van der Waals surface area contributed by atoms with Crippen LogP contribution in [0.15, 0.2) is 231 Å². The van der Waals surface area contributed by atoms with E-state index in [1.54, 1.807) is 0 Å². The summed E-state index contributed by atoms with van der Waals surface area (Å²) in [5, 5.41) is 10.2. The molecular weight excluding hydrogens is 773 g/mol. The largest absolute Gasteiger partial charge is 0.309 e. The Morgan fingerprint density at radius 1 is 0.234 bits per heavy atom. The number of fused-ring (bicyclic) bond motifs is 11. The number of hydrogen-bond acceptors (Lipinski definition) is 0. The van der Waals surface area contributed by atoms with Crippen molar-refractivity contribution in [2.75, 3.05) is 0 Å². The molecule has 2 heterocycles. The Morgan fingerprint density at radius 2 is 0.766 bits per heavy atom. The van der Waals surface area contributed by atoms with E-state index in [-0.39, 0.29) is 0 Å². The first-order valence-electron chi connectivity index (χ1n) is 22.2. The highest BCUT2D eigenvalue weighted by Crippen LogP contribution is 2.49. The molecule has 0 aliphatic heterocycles. The van der Waals surface area contributed by atoms with Crippen LogP contribution in [0.1, 0.15) is 0 Å². The van der Waals surface area contributed by atoms with E-state index < -0.39 is 0 Å². The van der Waals surface area contributed by atoms with Crippen molar-refractivity contribution in [3.05, 3.63) is 231 Å². The van der Waals surface area contributed by atoms with Crippen molar-refractivity contribution in [3.8, 4) is 67.0 Å². The Balaban J connectivity index is 0.919. The van der Waals surface area contributed by atoms with Crippen molar-refractivity contribution in [1.82, 2.24) is 9.13 Å². The van der Waals surface area contributed by atoms with E-state index >= 15 is 0 Å². The summed E-state index contributed by atoms with van der Waals surface area (Å²) in [4.78, 5) is 0. The molecule has 0 radical (unpaired) electrons. The van der Waals surface area contributed by atoms with Crippen molar-refractivity contribution in [2.45, 2.75) is 0 Å². The van der Waals surface area contributed by atoms with E-state index in [1.165, 1.54) is 121 Å². The Labute approximate surface area is 370 Å². The molecule has 14 rings (SSSR count). The van der Waals surface area contributed by atoms with Crippen LogP contribution in [-0.2, 0) is 0 Å². The van der Waals surface area contributed by atoms with Gasteiger partial charge in [0.05, 0.1) is 22.1 Å². The van der Waals surface area contributed by atoms with Crippen LogP contribution in [0.2, 0.25) is 0 Å². The molecule has 0 saturated heterocycles. The molecule has 0 spiro atoms. The Kier molecular flexibility index (Phi) is 7.43. The van der Waals surface area contributed by atoms with Gasteiger partial charge in [-0.3, -0.25) is 0 Å². The fourth-order valence-corrected chi connectivity index (χ4v) is 11.0. The molecular formula is C62H38N2. The van der Waals surface area contributed by atoms with Crippen molar-refractivity contribution in [3.63, 3.8) is 0 Å². The lowest BCUT2D eigenvalue weighted by molar-refractivity contribution is 1.18. The van der Waals surface area contributed by atoms with Gasteiger partial charge in [-0.05, 0) is 120 Å². The van der Waals surface area contributed by atoms with E-state index in [2.05, 4.69) is 240 Å². The highest BCUT2D eigenvalue weighted by Gasteiger charge is 2.23. The molecule has 1 aliphatic carbocycles. The van der Waals surface area contributed by atoms with Crippen molar-refractivity contribution >= 4 is 65.2 Å². The van der Waals surface area contributed by atoms with Gasteiger partial charge in [0.1, 0.15) is 0 Å². The fraction of sp³-hybridized carbons (Fsp3) is 0. The zero-order valence-corrected chi connectivity index (χ0v) is 34.8. The molecule has 0 fully saturated rings. The molecule has 296 valence electrons. The molecule has 13 aromatic rings. The van der Waals surface area contributed by atoms with Gasteiger partial charge >= 0.3 is 0 Å². The lowest BCUT2D eigenvalue weighted by Gasteiger charge is -2.14. The van der Waals surface area contributed by atoms with E-state index in [0.717, 1.165) is 11.4 Å². The topological polar surface area (TPSA) is 9.86 Å². The quantitative estimate of drug-likeness (QED) is 0.164. The van der Waals surface area contributed by atoms with Crippen LogP contribution < -0.4 is 0 Å². The Bertz CT molecular complexity index is 4050. The lowest BCUT2D eigenvalue weighted by Crippen LogP contribution is -1.95. The van der Waals surface area contributed by atoms with E-state index in [4.69, 9.17) is 0 Å². The Hall–Kier alpha value is -8.46. The summed E-state index contributed by atoms with van der Waals surface area (Å²) in [6.45, 7) is 0. The predicted octanol–water partition coefficient (Wildman–Crippen LogP) is 16.8. The van der Waals surface area contributed by atoms with Crippen LogP contribution in [-0.4, -0.2) is 9.13 Å². The first kappa shape index (κ1) is 35.2. The normalized spacial score (nSPS) is 12.1. The van der Waals surface area contributed by atoms with Crippen LogP contribution in [0.4, 0.5) is 0 Å². The zero-order valence-electron chi connectivity index (χ0n) is 34.8. The van der Waals surface area contributed by atoms with E-state index in [1.807, 2.05) is 0 Å². The third-order valence-corrected chi connectivity index (χ3v) is 13.9. The second kappa shape index (κ2) is 13.5. The van der Waals surface area contributed by atoms with Gasteiger partial charge in [-0.25, -0.2) is 0 Å². The molecule has 2 aromatic heterocycles. The maximum atomic E-state index is 2.49. The zero-order chi connectivity index (χ0) is 41.9. The third kappa shape index (κ3) is 5.08. The number of rotatable bonds is 5. The molecule has 1 aliphatic rings. The van der Waals surface area contributed by atoms with Gasteiger partial charge in [0.2, 0.25) is 0 Å². The van der Waals surface area contributed by atoms with Crippen LogP contribution in [0.5, 0.6) is 0 Å². The fourth-order valence-electron chi connectivity index (χ4n) is 11.0. The minimum absolute atomic E-state index is 1.14. The Morgan fingerprint density at radius 3 is 1.55 bits per heavy atom. The number of aromatic nitrogens is 2. The molecule has 2 heteroatoms. The van der Waals surface area contributed by atoms with Gasteiger partial charge in [0.25, 0.3) is 0 Å². The van der Waals surface area contributed by atoms with E-state index in [0.29, 0.717) is 0 Å². The van der Waals surface area contributed by atoms with Crippen LogP contribution in [0, 0.1) is 0 Å². The minimum Gasteiger partial charge on any atom is -0.309 e. The predicted molar refractivity (Wildman–Crippen MR) is 271 cm³/mol. The summed E-state index contributed by atoms with van der Waals surface area (Å²) in [7, 11) is 0. The van der Waals surface area contributed by atoms with Gasteiger partial charge in [-0.1, -0.05) is 182 Å². The highest BCUT2D eigenvalue weighted by atomic mass is 15.0. The average molecular weight is 811 g/mol. The smallest absolute Gasteiger partial charge is 0.0619 e. The first-order valence-corrected chi connectivity index (χ1v) is 22.2. The number of para-hydroxylation sites is 2. The standard InChI is InChI=1S/C62H38N2/c1-2-15-45(16-3-1)63-58-23-9-8-20-51(58)52-33-27-42(37-59(52)63)43-28-34-53-56-35-26-39-12-4-5-19-49(39)62(56)64(60(53)38-43)46-30-24-40(25-31-46)47-17-6-7-18-48(47)44-29-32-50-54-21-10-13-41-14-11-22-55(61(41)54)57(50)36-44/h1-38H. The molecule has 0 amide bonds.